The standard InChI is InChI=1S/C11H26NP/c1-4-6-8-10-11(3,12-13)9-7-5-2/h12H,4-10,13H2,1-3H3. The maximum Gasteiger partial charge on any atom is 0.0185 e. The van der Waals surface area contributed by atoms with Gasteiger partial charge < -0.3 is 0 Å². The average molecular weight is 203 g/mol. The Morgan fingerprint density at radius 1 is 1.00 bits per heavy atom. The zero-order chi connectivity index (χ0) is 10.2. The first-order chi connectivity index (χ1) is 6.18. The molecule has 0 saturated heterocycles. The van der Waals surface area contributed by atoms with Crippen LogP contribution < -0.4 is 5.09 Å². The van der Waals surface area contributed by atoms with E-state index < -0.39 is 0 Å². The molecular formula is C11H26NP. The number of hydrogen-bond acceptors (Lipinski definition) is 1. The van der Waals surface area contributed by atoms with E-state index in [2.05, 4.69) is 35.2 Å². The van der Waals surface area contributed by atoms with Crippen molar-refractivity contribution in [3.05, 3.63) is 0 Å². The fourth-order valence-corrected chi connectivity index (χ4v) is 1.89. The van der Waals surface area contributed by atoms with Gasteiger partial charge in [-0.2, -0.15) is 0 Å². The van der Waals surface area contributed by atoms with Crippen LogP contribution in [0.3, 0.4) is 0 Å². The first-order valence-electron chi connectivity index (χ1n) is 5.66. The minimum absolute atomic E-state index is 0.357. The molecule has 0 spiro atoms. The topological polar surface area (TPSA) is 12.0 Å². The molecule has 0 aromatic heterocycles. The molecule has 2 atom stereocenters. The van der Waals surface area contributed by atoms with Gasteiger partial charge in [-0.3, -0.25) is 5.09 Å². The summed E-state index contributed by atoms with van der Waals surface area (Å²) in [4.78, 5) is 0. The second-order valence-corrected chi connectivity index (χ2v) is 4.55. The van der Waals surface area contributed by atoms with Crippen LogP contribution in [-0.4, -0.2) is 5.54 Å². The first kappa shape index (κ1) is 13.4. The van der Waals surface area contributed by atoms with E-state index in [0.717, 1.165) is 0 Å². The van der Waals surface area contributed by atoms with Crippen molar-refractivity contribution < 1.29 is 0 Å². The molecule has 0 aliphatic carbocycles. The molecule has 0 amide bonds. The molecule has 0 rings (SSSR count). The van der Waals surface area contributed by atoms with Gasteiger partial charge in [0.15, 0.2) is 0 Å². The molecule has 1 nitrogen and oxygen atoms in total. The van der Waals surface area contributed by atoms with Gasteiger partial charge >= 0.3 is 0 Å². The molecule has 0 aromatic carbocycles. The summed E-state index contributed by atoms with van der Waals surface area (Å²) in [6.45, 7) is 6.86. The van der Waals surface area contributed by atoms with E-state index in [1.807, 2.05) is 0 Å². The van der Waals surface area contributed by atoms with E-state index in [4.69, 9.17) is 0 Å². The number of rotatable bonds is 8. The molecule has 0 aliphatic rings. The van der Waals surface area contributed by atoms with Crippen molar-refractivity contribution in [3.63, 3.8) is 0 Å². The zero-order valence-corrected chi connectivity index (χ0v) is 10.7. The van der Waals surface area contributed by atoms with Gasteiger partial charge in [0.1, 0.15) is 0 Å². The largest absolute Gasteiger partial charge is 0.295 e. The average Bonchev–Trinajstić information content (AvgIpc) is 2.15. The Morgan fingerprint density at radius 2 is 1.54 bits per heavy atom. The normalized spacial score (nSPS) is 15.7. The first-order valence-corrected chi connectivity index (χ1v) is 6.24. The molecule has 0 aliphatic heterocycles. The lowest BCUT2D eigenvalue weighted by Gasteiger charge is -2.29. The van der Waals surface area contributed by atoms with Crippen LogP contribution >= 0.6 is 9.39 Å². The van der Waals surface area contributed by atoms with E-state index in [1.165, 1.54) is 44.9 Å². The molecule has 0 aromatic rings. The summed E-state index contributed by atoms with van der Waals surface area (Å²) in [7, 11) is 2.68. The molecule has 0 fully saturated rings. The smallest absolute Gasteiger partial charge is 0.0185 e. The third-order valence-corrected chi connectivity index (χ3v) is 3.46. The number of unbranched alkanes of at least 4 members (excludes halogenated alkanes) is 3. The second-order valence-electron chi connectivity index (χ2n) is 4.27. The number of nitrogens with one attached hydrogen (secondary N) is 1. The molecule has 0 radical (unpaired) electrons. The Labute approximate surface area is 86.3 Å². The van der Waals surface area contributed by atoms with Crippen LogP contribution in [0.25, 0.3) is 0 Å². The van der Waals surface area contributed by atoms with Crippen molar-refractivity contribution in [2.45, 2.75) is 71.3 Å². The lowest BCUT2D eigenvalue weighted by atomic mass is 9.90. The molecule has 0 saturated carbocycles. The Morgan fingerprint density at radius 3 is 2.00 bits per heavy atom. The van der Waals surface area contributed by atoms with Gasteiger partial charge in [0.25, 0.3) is 0 Å². The molecule has 13 heavy (non-hydrogen) atoms. The van der Waals surface area contributed by atoms with E-state index in [1.54, 1.807) is 0 Å². The van der Waals surface area contributed by atoms with Crippen molar-refractivity contribution in [1.29, 1.82) is 0 Å². The van der Waals surface area contributed by atoms with Gasteiger partial charge in [-0.15, -0.1) is 0 Å². The van der Waals surface area contributed by atoms with Crippen LogP contribution in [0.4, 0.5) is 0 Å². The van der Waals surface area contributed by atoms with E-state index in [0.29, 0.717) is 5.54 Å². The van der Waals surface area contributed by atoms with Crippen LogP contribution in [0.2, 0.25) is 0 Å². The highest BCUT2D eigenvalue weighted by Crippen LogP contribution is 2.22. The quantitative estimate of drug-likeness (QED) is 0.466. The fraction of sp³-hybridized carbons (Fsp3) is 1.00. The molecule has 2 unspecified atom stereocenters. The summed E-state index contributed by atoms with van der Waals surface area (Å²) in [5.74, 6) is 0. The van der Waals surface area contributed by atoms with Crippen LogP contribution in [-0.2, 0) is 0 Å². The second kappa shape index (κ2) is 7.76. The van der Waals surface area contributed by atoms with E-state index in [-0.39, 0.29) is 0 Å². The van der Waals surface area contributed by atoms with Gasteiger partial charge in [-0.25, -0.2) is 0 Å². The molecule has 0 bridgehead atoms. The van der Waals surface area contributed by atoms with Crippen molar-refractivity contribution in [2.75, 3.05) is 0 Å². The zero-order valence-electron chi connectivity index (χ0n) is 9.53. The Kier molecular flexibility index (Phi) is 8.00. The van der Waals surface area contributed by atoms with Gasteiger partial charge in [0, 0.05) is 5.54 Å². The highest BCUT2D eigenvalue weighted by atomic mass is 31.0. The van der Waals surface area contributed by atoms with Crippen molar-refractivity contribution in [3.8, 4) is 0 Å². The van der Waals surface area contributed by atoms with E-state index in [9.17, 15) is 0 Å². The van der Waals surface area contributed by atoms with Crippen molar-refractivity contribution in [2.24, 2.45) is 0 Å². The summed E-state index contributed by atoms with van der Waals surface area (Å²) in [5.41, 5.74) is 0.357. The van der Waals surface area contributed by atoms with Gasteiger partial charge in [0.2, 0.25) is 0 Å². The predicted octanol–water partition coefficient (Wildman–Crippen LogP) is 3.90. The van der Waals surface area contributed by atoms with Crippen molar-refractivity contribution >= 4 is 9.39 Å². The molecular weight excluding hydrogens is 177 g/mol. The van der Waals surface area contributed by atoms with Crippen LogP contribution in [0.5, 0.6) is 0 Å². The summed E-state index contributed by atoms with van der Waals surface area (Å²) in [6, 6.07) is 0. The van der Waals surface area contributed by atoms with Gasteiger partial charge in [-0.1, -0.05) is 55.3 Å². The minimum atomic E-state index is 0.357. The maximum absolute atomic E-state index is 3.39. The van der Waals surface area contributed by atoms with Gasteiger partial charge in [0.05, 0.1) is 0 Å². The van der Waals surface area contributed by atoms with Crippen LogP contribution in [0, 0.1) is 0 Å². The molecule has 2 heteroatoms. The predicted molar refractivity (Wildman–Crippen MR) is 64.9 cm³/mol. The van der Waals surface area contributed by atoms with Gasteiger partial charge in [-0.05, 0) is 19.8 Å². The Balaban J connectivity index is 3.67. The SMILES string of the molecule is CCCCCC(C)(CCCC)NP. The molecule has 0 heterocycles. The Bertz CT molecular complexity index is 117. The summed E-state index contributed by atoms with van der Waals surface area (Å²) < 4.78 is 0. The lowest BCUT2D eigenvalue weighted by molar-refractivity contribution is 0.347. The summed E-state index contributed by atoms with van der Waals surface area (Å²) in [6.07, 6.45) is 9.30. The van der Waals surface area contributed by atoms with E-state index >= 15 is 0 Å². The third kappa shape index (κ3) is 6.46. The lowest BCUT2D eigenvalue weighted by Crippen LogP contribution is -2.35. The molecule has 1 N–H and O–H groups in total. The maximum atomic E-state index is 3.39. The summed E-state index contributed by atoms with van der Waals surface area (Å²) in [5, 5.41) is 3.39. The third-order valence-electron chi connectivity index (χ3n) is 2.76. The van der Waals surface area contributed by atoms with Crippen LogP contribution in [0.15, 0.2) is 0 Å². The highest BCUT2D eigenvalue weighted by Gasteiger charge is 2.19. The number of hydrogen-bond donors (Lipinski definition) is 1. The summed E-state index contributed by atoms with van der Waals surface area (Å²) >= 11 is 0. The fourth-order valence-electron chi connectivity index (χ4n) is 1.60. The van der Waals surface area contributed by atoms with Crippen molar-refractivity contribution in [1.82, 2.24) is 5.09 Å². The molecule has 80 valence electrons. The highest BCUT2D eigenvalue weighted by molar-refractivity contribution is 7.13. The minimum Gasteiger partial charge on any atom is -0.295 e. The van der Waals surface area contributed by atoms with Crippen LogP contribution in [0.1, 0.15) is 65.7 Å². The monoisotopic (exact) mass is 203 g/mol. The Hall–Kier alpha value is 0.390.